The van der Waals surface area contributed by atoms with Gasteiger partial charge in [-0.05, 0) is 36.6 Å². The third-order valence-corrected chi connectivity index (χ3v) is 2.62. The van der Waals surface area contributed by atoms with Gasteiger partial charge in [0.1, 0.15) is 0 Å². The van der Waals surface area contributed by atoms with E-state index in [-0.39, 0.29) is 0 Å². The molecule has 0 spiro atoms. The van der Waals surface area contributed by atoms with Gasteiger partial charge < -0.3 is 0 Å². The summed E-state index contributed by atoms with van der Waals surface area (Å²) in [5.41, 5.74) is 5.88. The van der Waals surface area contributed by atoms with E-state index in [4.69, 9.17) is 0 Å². The van der Waals surface area contributed by atoms with Crippen LogP contribution in [-0.2, 0) is 0 Å². The minimum Gasteiger partial charge on any atom is -0.278 e. The van der Waals surface area contributed by atoms with Gasteiger partial charge in [-0.3, -0.25) is 5.10 Å². The summed E-state index contributed by atoms with van der Waals surface area (Å²) in [6.07, 6.45) is 3.65. The average Bonchev–Trinajstić information content (AvgIpc) is 2.79. The summed E-state index contributed by atoms with van der Waals surface area (Å²) in [4.78, 5) is 0. The molecule has 0 saturated carbocycles. The highest BCUT2D eigenvalue weighted by molar-refractivity contribution is 5.76. The van der Waals surface area contributed by atoms with Crippen LogP contribution in [0.4, 0.5) is 0 Å². The van der Waals surface area contributed by atoms with Gasteiger partial charge in [-0.15, -0.1) is 0 Å². The maximum absolute atomic E-state index is 4.06. The molecule has 2 heteroatoms. The summed E-state index contributed by atoms with van der Waals surface area (Å²) in [5, 5.41) is 7.00. The number of aryl methyl sites for hydroxylation is 2. The van der Waals surface area contributed by atoms with Gasteiger partial charge in [0.2, 0.25) is 0 Å². The summed E-state index contributed by atoms with van der Waals surface area (Å²) >= 11 is 0. The first-order chi connectivity index (χ1) is 8.24. The number of nitrogens with one attached hydrogen (secondary N) is 1. The second kappa shape index (κ2) is 6.04. The standard InChI is InChI=1S/C13H14N2.C2H6/c1-4-12-11(8-14-15-12)13-9(2)6-5-7-10(13)3;1-2/h4-8H,1H2,2-3H3,(H,14,15);1-2H3. The highest BCUT2D eigenvalue weighted by Crippen LogP contribution is 2.29. The lowest BCUT2D eigenvalue weighted by atomic mass is 9.96. The molecular formula is C15H20N2. The Morgan fingerprint density at radius 1 is 1.18 bits per heavy atom. The maximum atomic E-state index is 4.06. The summed E-state index contributed by atoms with van der Waals surface area (Å²) < 4.78 is 0. The minimum atomic E-state index is 0.979. The van der Waals surface area contributed by atoms with Crippen molar-refractivity contribution in [2.24, 2.45) is 0 Å². The van der Waals surface area contributed by atoms with Gasteiger partial charge in [-0.25, -0.2) is 0 Å². The fourth-order valence-electron chi connectivity index (χ4n) is 1.89. The molecular weight excluding hydrogens is 208 g/mol. The Hall–Kier alpha value is -1.83. The van der Waals surface area contributed by atoms with E-state index in [0.29, 0.717) is 0 Å². The molecule has 0 fully saturated rings. The molecule has 2 rings (SSSR count). The Morgan fingerprint density at radius 2 is 1.76 bits per heavy atom. The number of aromatic nitrogens is 2. The van der Waals surface area contributed by atoms with Crippen molar-refractivity contribution in [1.29, 1.82) is 0 Å². The SMILES string of the molecule is C=Cc1[nH]ncc1-c1c(C)cccc1C.CC. The van der Waals surface area contributed by atoms with Crippen LogP contribution in [0.5, 0.6) is 0 Å². The Balaban J connectivity index is 0.000000686. The number of H-pyrrole nitrogens is 1. The van der Waals surface area contributed by atoms with Crippen LogP contribution in [0.15, 0.2) is 31.0 Å². The normalized spacial score (nSPS) is 9.41. The monoisotopic (exact) mass is 228 g/mol. The second-order valence-electron chi connectivity index (χ2n) is 3.67. The number of hydrogen-bond donors (Lipinski definition) is 1. The van der Waals surface area contributed by atoms with Crippen molar-refractivity contribution in [3.63, 3.8) is 0 Å². The third kappa shape index (κ3) is 2.64. The van der Waals surface area contributed by atoms with Crippen molar-refractivity contribution in [3.8, 4) is 11.1 Å². The number of benzene rings is 1. The van der Waals surface area contributed by atoms with Gasteiger partial charge >= 0.3 is 0 Å². The lowest BCUT2D eigenvalue weighted by molar-refractivity contribution is 1.08. The molecule has 90 valence electrons. The van der Waals surface area contributed by atoms with Crippen LogP contribution in [-0.4, -0.2) is 10.2 Å². The molecule has 0 atom stereocenters. The molecule has 0 saturated heterocycles. The lowest BCUT2D eigenvalue weighted by Gasteiger charge is -2.08. The van der Waals surface area contributed by atoms with Crippen molar-refractivity contribution < 1.29 is 0 Å². The van der Waals surface area contributed by atoms with Crippen molar-refractivity contribution in [1.82, 2.24) is 10.2 Å². The van der Waals surface area contributed by atoms with E-state index in [2.05, 4.69) is 48.8 Å². The van der Waals surface area contributed by atoms with Crippen LogP contribution in [0.1, 0.15) is 30.7 Å². The number of hydrogen-bond acceptors (Lipinski definition) is 1. The molecule has 17 heavy (non-hydrogen) atoms. The Bertz CT molecular complexity index is 475. The molecule has 0 amide bonds. The number of aromatic amines is 1. The predicted molar refractivity (Wildman–Crippen MR) is 74.9 cm³/mol. The summed E-state index contributed by atoms with van der Waals surface area (Å²) in [7, 11) is 0. The first-order valence-electron chi connectivity index (χ1n) is 5.96. The van der Waals surface area contributed by atoms with E-state index in [1.54, 1.807) is 6.08 Å². The van der Waals surface area contributed by atoms with Crippen LogP contribution in [0.25, 0.3) is 17.2 Å². The molecule has 1 aromatic carbocycles. The van der Waals surface area contributed by atoms with E-state index in [1.165, 1.54) is 16.7 Å². The molecule has 0 aliphatic carbocycles. The molecule has 1 heterocycles. The van der Waals surface area contributed by atoms with Gasteiger partial charge in [0, 0.05) is 5.56 Å². The van der Waals surface area contributed by atoms with Crippen molar-refractivity contribution in [3.05, 3.63) is 47.8 Å². The molecule has 0 bridgehead atoms. The Morgan fingerprint density at radius 3 is 2.29 bits per heavy atom. The molecule has 0 unspecified atom stereocenters. The quantitative estimate of drug-likeness (QED) is 0.812. The summed E-state index contributed by atoms with van der Waals surface area (Å²) in [5.74, 6) is 0. The zero-order chi connectivity index (χ0) is 12.8. The van der Waals surface area contributed by atoms with Gasteiger partial charge in [-0.1, -0.05) is 38.6 Å². The number of rotatable bonds is 2. The largest absolute Gasteiger partial charge is 0.278 e. The number of nitrogens with zero attached hydrogens (tertiary/aromatic N) is 1. The van der Waals surface area contributed by atoms with Crippen LogP contribution >= 0.6 is 0 Å². The average molecular weight is 228 g/mol. The zero-order valence-corrected chi connectivity index (χ0v) is 11.0. The molecule has 0 aliphatic rings. The van der Waals surface area contributed by atoms with E-state index < -0.39 is 0 Å². The smallest absolute Gasteiger partial charge is 0.0650 e. The molecule has 2 nitrogen and oxygen atoms in total. The highest BCUT2D eigenvalue weighted by Gasteiger charge is 2.09. The van der Waals surface area contributed by atoms with Gasteiger partial charge in [0.05, 0.1) is 11.9 Å². The predicted octanol–water partition coefficient (Wildman–Crippen LogP) is 4.36. The molecule has 0 radical (unpaired) electrons. The van der Waals surface area contributed by atoms with Gasteiger partial charge in [-0.2, -0.15) is 5.10 Å². The maximum Gasteiger partial charge on any atom is 0.0650 e. The third-order valence-electron chi connectivity index (χ3n) is 2.62. The van der Waals surface area contributed by atoms with Crippen molar-refractivity contribution >= 4 is 6.08 Å². The van der Waals surface area contributed by atoms with Crippen molar-refractivity contribution in [2.45, 2.75) is 27.7 Å². The molecule has 1 aromatic heterocycles. The molecule has 2 aromatic rings. The van der Waals surface area contributed by atoms with E-state index in [9.17, 15) is 0 Å². The highest BCUT2D eigenvalue weighted by atomic mass is 15.1. The van der Waals surface area contributed by atoms with Crippen LogP contribution in [0.3, 0.4) is 0 Å². The van der Waals surface area contributed by atoms with Crippen LogP contribution in [0, 0.1) is 13.8 Å². The van der Waals surface area contributed by atoms with Crippen LogP contribution in [0.2, 0.25) is 0 Å². The lowest BCUT2D eigenvalue weighted by Crippen LogP contribution is -1.88. The van der Waals surface area contributed by atoms with Crippen LogP contribution < -0.4 is 0 Å². The van der Waals surface area contributed by atoms with Gasteiger partial charge in [0.15, 0.2) is 0 Å². The van der Waals surface area contributed by atoms with E-state index in [0.717, 1.165) is 11.3 Å². The van der Waals surface area contributed by atoms with Crippen molar-refractivity contribution in [2.75, 3.05) is 0 Å². The fourth-order valence-corrected chi connectivity index (χ4v) is 1.89. The Labute approximate surface area is 103 Å². The Kier molecular flexibility index (Phi) is 4.70. The minimum absolute atomic E-state index is 0.979. The molecule has 0 aliphatic heterocycles. The van der Waals surface area contributed by atoms with E-state index >= 15 is 0 Å². The first-order valence-corrected chi connectivity index (χ1v) is 5.96. The second-order valence-corrected chi connectivity index (χ2v) is 3.67. The summed E-state index contributed by atoms with van der Waals surface area (Å²) in [6.45, 7) is 12.0. The first kappa shape index (κ1) is 13.2. The zero-order valence-electron chi connectivity index (χ0n) is 11.0. The van der Waals surface area contributed by atoms with E-state index in [1.807, 2.05) is 20.0 Å². The fraction of sp³-hybridized carbons (Fsp3) is 0.267. The van der Waals surface area contributed by atoms with Gasteiger partial charge in [0.25, 0.3) is 0 Å². The molecule has 1 N–H and O–H groups in total. The summed E-state index contributed by atoms with van der Waals surface area (Å²) in [6, 6.07) is 6.30. The topological polar surface area (TPSA) is 28.7 Å².